The topological polar surface area (TPSA) is 71.1 Å². The zero-order valence-electron chi connectivity index (χ0n) is 20.2. The van der Waals surface area contributed by atoms with Crippen LogP contribution in [0.15, 0.2) is 84.9 Å². The first kappa shape index (κ1) is 24.8. The fourth-order valence-corrected chi connectivity index (χ4v) is 4.02. The first-order valence-electron chi connectivity index (χ1n) is 11.5. The largest absolute Gasteiger partial charge is 0.497 e. The van der Waals surface area contributed by atoms with Gasteiger partial charge in [0.25, 0.3) is 0 Å². The highest BCUT2D eigenvalue weighted by Crippen LogP contribution is 2.28. The molecule has 1 heterocycles. The molecule has 0 radical (unpaired) electrons. The third-order valence-electron chi connectivity index (χ3n) is 5.96. The van der Waals surface area contributed by atoms with E-state index in [1.807, 2.05) is 36.4 Å². The molecule has 0 aromatic heterocycles. The summed E-state index contributed by atoms with van der Waals surface area (Å²) in [5.41, 5.74) is 2.25. The van der Waals surface area contributed by atoms with E-state index in [0.717, 1.165) is 11.1 Å². The van der Waals surface area contributed by atoms with Crippen molar-refractivity contribution in [3.8, 4) is 11.5 Å². The van der Waals surface area contributed by atoms with Crippen molar-refractivity contribution in [2.24, 2.45) is 0 Å². The standard InChI is InChI=1S/C28H28FN3O4/c1-35-24-14-10-21(11-15-24)26-7-4-16-31(28(34)30-23-5-3-6-25(17-23)36-2)19-27(33)32(26)18-20-8-12-22(29)13-9-20/h3-15,17,26H,16,18-19H2,1-2H3,(H,30,34)/b7-4-. The van der Waals surface area contributed by atoms with Gasteiger partial charge in [-0.3, -0.25) is 4.79 Å². The Labute approximate surface area is 209 Å². The molecule has 8 heteroatoms. The number of amides is 3. The summed E-state index contributed by atoms with van der Waals surface area (Å²) >= 11 is 0. The van der Waals surface area contributed by atoms with Gasteiger partial charge in [-0.2, -0.15) is 0 Å². The summed E-state index contributed by atoms with van der Waals surface area (Å²) in [4.78, 5) is 29.7. The van der Waals surface area contributed by atoms with Gasteiger partial charge >= 0.3 is 6.03 Å². The molecular weight excluding hydrogens is 461 g/mol. The molecule has 0 fully saturated rings. The number of hydrogen-bond donors (Lipinski definition) is 1. The molecule has 3 amide bonds. The normalized spacial score (nSPS) is 16.6. The zero-order valence-corrected chi connectivity index (χ0v) is 20.2. The summed E-state index contributed by atoms with van der Waals surface area (Å²) in [5.74, 6) is 0.754. The van der Waals surface area contributed by atoms with Crippen LogP contribution in [0.5, 0.6) is 11.5 Å². The number of nitrogens with one attached hydrogen (secondary N) is 1. The summed E-state index contributed by atoms with van der Waals surface area (Å²) in [6.07, 6.45) is 3.79. The monoisotopic (exact) mass is 489 g/mol. The Balaban J connectivity index is 1.60. The molecule has 1 aliphatic rings. The fourth-order valence-electron chi connectivity index (χ4n) is 4.02. The van der Waals surface area contributed by atoms with Gasteiger partial charge in [0.1, 0.15) is 23.9 Å². The van der Waals surface area contributed by atoms with Gasteiger partial charge in [0.05, 0.1) is 20.3 Å². The number of carbonyl (C=O) groups is 2. The van der Waals surface area contributed by atoms with Crippen LogP contribution in [0.25, 0.3) is 0 Å². The smallest absolute Gasteiger partial charge is 0.322 e. The number of hydrogen-bond acceptors (Lipinski definition) is 4. The van der Waals surface area contributed by atoms with Crippen molar-refractivity contribution in [1.29, 1.82) is 0 Å². The predicted octanol–water partition coefficient (Wildman–Crippen LogP) is 5.02. The van der Waals surface area contributed by atoms with Crippen molar-refractivity contribution >= 4 is 17.6 Å². The highest BCUT2D eigenvalue weighted by Gasteiger charge is 2.28. The molecule has 3 aromatic carbocycles. The zero-order chi connectivity index (χ0) is 25.5. The average Bonchev–Trinajstić information content (AvgIpc) is 2.89. The van der Waals surface area contributed by atoms with Gasteiger partial charge in [0.2, 0.25) is 5.91 Å². The van der Waals surface area contributed by atoms with E-state index in [2.05, 4.69) is 5.32 Å². The third-order valence-corrected chi connectivity index (χ3v) is 5.96. The first-order valence-corrected chi connectivity index (χ1v) is 11.5. The molecule has 0 aliphatic carbocycles. The van der Waals surface area contributed by atoms with E-state index in [1.165, 1.54) is 17.0 Å². The van der Waals surface area contributed by atoms with Gasteiger partial charge in [0, 0.05) is 24.8 Å². The van der Waals surface area contributed by atoms with E-state index in [1.54, 1.807) is 55.5 Å². The minimum absolute atomic E-state index is 0.117. The molecule has 0 saturated heterocycles. The van der Waals surface area contributed by atoms with Crippen LogP contribution in [0.4, 0.5) is 14.9 Å². The lowest BCUT2D eigenvalue weighted by atomic mass is 10.0. The van der Waals surface area contributed by atoms with Crippen LogP contribution >= 0.6 is 0 Å². The Morgan fingerprint density at radius 3 is 2.42 bits per heavy atom. The maximum atomic E-state index is 13.6. The number of anilines is 1. The van der Waals surface area contributed by atoms with Crippen LogP contribution in [-0.4, -0.2) is 49.0 Å². The minimum Gasteiger partial charge on any atom is -0.497 e. The van der Waals surface area contributed by atoms with Crippen LogP contribution in [0.3, 0.4) is 0 Å². The molecule has 1 atom stereocenters. The van der Waals surface area contributed by atoms with Gasteiger partial charge in [-0.25, -0.2) is 9.18 Å². The van der Waals surface area contributed by atoms with Crippen LogP contribution < -0.4 is 14.8 Å². The molecule has 7 nitrogen and oxygen atoms in total. The average molecular weight is 490 g/mol. The molecule has 186 valence electrons. The lowest BCUT2D eigenvalue weighted by molar-refractivity contribution is -0.134. The summed E-state index contributed by atoms with van der Waals surface area (Å²) in [7, 11) is 3.15. The minimum atomic E-state index is -0.397. The predicted molar refractivity (Wildman–Crippen MR) is 135 cm³/mol. The highest BCUT2D eigenvalue weighted by molar-refractivity contribution is 5.93. The van der Waals surface area contributed by atoms with Crippen LogP contribution in [0, 0.1) is 5.82 Å². The maximum absolute atomic E-state index is 13.6. The van der Waals surface area contributed by atoms with E-state index in [4.69, 9.17) is 9.47 Å². The van der Waals surface area contributed by atoms with E-state index in [9.17, 15) is 14.0 Å². The number of urea groups is 1. The summed E-state index contributed by atoms with van der Waals surface area (Å²) in [6.45, 7) is 0.401. The lowest BCUT2D eigenvalue weighted by Gasteiger charge is -2.34. The summed E-state index contributed by atoms with van der Waals surface area (Å²) in [5, 5.41) is 2.83. The third kappa shape index (κ3) is 6.02. The molecule has 36 heavy (non-hydrogen) atoms. The lowest BCUT2D eigenvalue weighted by Crippen LogP contribution is -2.46. The van der Waals surface area contributed by atoms with Crippen LogP contribution in [-0.2, 0) is 11.3 Å². The summed E-state index contributed by atoms with van der Waals surface area (Å²) < 4.78 is 24.0. The van der Waals surface area contributed by atoms with Crippen molar-refractivity contribution in [3.05, 3.63) is 102 Å². The molecule has 3 aromatic rings. The number of nitrogens with zero attached hydrogens (tertiary/aromatic N) is 2. The molecular formula is C28H28FN3O4. The molecule has 1 N–H and O–H groups in total. The Morgan fingerprint density at radius 1 is 1.00 bits per heavy atom. The molecule has 4 rings (SSSR count). The number of methoxy groups -OCH3 is 2. The Hall–Kier alpha value is -4.33. The molecule has 1 aliphatic heterocycles. The van der Waals surface area contributed by atoms with Crippen molar-refractivity contribution in [2.45, 2.75) is 12.6 Å². The Kier molecular flexibility index (Phi) is 7.85. The van der Waals surface area contributed by atoms with Gasteiger partial charge in [0.15, 0.2) is 0 Å². The number of rotatable bonds is 6. The van der Waals surface area contributed by atoms with Crippen molar-refractivity contribution in [2.75, 3.05) is 32.6 Å². The van der Waals surface area contributed by atoms with Crippen molar-refractivity contribution in [3.63, 3.8) is 0 Å². The second-order valence-electron chi connectivity index (χ2n) is 8.34. The van der Waals surface area contributed by atoms with E-state index >= 15 is 0 Å². The Morgan fingerprint density at radius 2 is 1.72 bits per heavy atom. The van der Waals surface area contributed by atoms with Gasteiger partial charge < -0.3 is 24.6 Å². The van der Waals surface area contributed by atoms with Crippen molar-refractivity contribution < 1.29 is 23.5 Å². The second kappa shape index (κ2) is 11.4. The molecule has 0 spiro atoms. The Bertz CT molecular complexity index is 1230. The maximum Gasteiger partial charge on any atom is 0.322 e. The number of carbonyl (C=O) groups excluding carboxylic acids is 2. The van der Waals surface area contributed by atoms with Crippen molar-refractivity contribution in [1.82, 2.24) is 9.80 Å². The summed E-state index contributed by atoms with van der Waals surface area (Å²) in [6, 6.07) is 19.8. The quantitative estimate of drug-likeness (QED) is 0.494. The molecule has 0 bridgehead atoms. The number of ether oxygens (including phenoxy) is 2. The number of benzene rings is 3. The highest BCUT2D eigenvalue weighted by atomic mass is 19.1. The van der Waals surface area contributed by atoms with E-state index < -0.39 is 6.03 Å². The SMILES string of the molecule is COc1ccc(C2/C=C\CN(C(=O)Nc3cccc(OC)c3)CC(=O)N2Cc2ccc(F)cc2)cc1. The van der Waals surface area contributed by atoms with Gasteiger partial charge in [-0.1, -0.05) is 42.5 Å². The second-order valence-corrected chi connectivity index (χ2v) is 8.34. The van der Waals surface area contributed by atoms with Gasteiger partial charge in [-0.15, -0.1) is 0 Å². The molecule has 1 unspecified atom stereocenters. The van der Waals surface area contributed by atoms with E-state index in [0.29, 0.717) is 17.2 Å². The van der Waals surface area contributed by atoms with E-state index in [-0.39, 0.29) is 37.4 Å². The fraction of sp³-hybridized carbons (Fsp3) is 0.214. The number of halogens is 1. The van der Waals surface area contributed by atoms with Gasteiger partial charge in [-0.05, 0) is 47.5 Å². The molecule has 0 saturated carbocycles. The van der Waals surface area contributed by atoms with Crippen LogP contribution in [0.1, 0.15) is 17.2 Å². The van der Waals surface area contributed by atoms with Crippen LogP contribution in [0.2, 0.25) is 0 Å². The first-order chi connectivity index (χ1) is 17.5.